The maximum absolute atomic E-state index is 8.63. The highest BCUT2D eigenvalue weighted by atomic mass is 17.1. The lowest BCUT2D eigenvalue weighted by Gasteiger charge is -2.10. The molecule has 0 aliphatic heterocycles. The van der Waals surface area contributed by atoms with Gasteiger partial charge in [-0.25, -0.2) is 0 Å². The van der Waals surface area contributed by atoms with Crippen LogP contribution in [0.2, 0.25) is 0 Å². The van der Waals surface area contributed by atoms with Gasteiger partial charge in [0.15, 0.2) is 6.54 Å². The molecular weight excluding hydrogens is 230 g/mol. The molecule has 110 valence electrons. The van der Waals surface area contributed by atoms with E-state index in [2.05, 4.69) is 6.92 Å². The monoisotopic (exact) mass is 262 g/mol. The van der Waals surface area contributed by atoms with E-state index in [1.54, 1.807) is 0 Å². The summed E-state index contributed by atoms with van der Waals surface area (Å²) in [6, 6.07) is 0. The predicted molar refractivity (Wildman–Crippen MR) is 71.6 cm³/mol. The maximum Gasteiger partial charge on any atom is 0.177 e. The molecule has 0 amide bonds. The summed E-state index contributed by atoms with van der Waals surface area (Å²) < 4.78 is 0. The van der Waals surface area contributed by atoms with Gasteiger partial charge in [0.1, 0.15) is 0 Å². The number of nitrogens with zero attached hydrogens (tertiary/aromatic N) is 1. The molecule has 0 heterocycles. The first-order valence-electron chi connectivity index (χ1n) is 7.62. The van der Waals surface area contributed by atoms with Gasteiger partial charge in [0, 0.05) is 6.42 Å². The standard InChI is InChI=1S/C14H32NO3/c1-2-3-4-5-6-7-8-9-10-11-12-13-14-15(16,17)18/h16-18H,2-14H2,1H3/q+1. The summed E-state index contributed by atoms with van der Waals surface area (Å²) in [5.74, 6) is 0. The van der Waals surface area contributed by atoms with E-state index < -0.39 is 4.97 Å². The van der Waals surface area contributed by atoms with E-state index in [-0.39, 0.29) is 6.54 Å². The van der Waals surface area contributed by atoms with Crippen molar-refractivity contribution in [2.24, 2.45) is 0 Å². The molecule has 4 nitrogen and oxygen atoms in total. The van der Waals surface area contributed by atoms with Crippen LogP contribution in [0.3, 0.4) is 0 Å². The largest absolute Gasteiger partial charge is 0.177 e. The lowest BCUT2D eigenvalue weighted by atomic mass is 10.1. The second kappa shape index (κ2) is 11.9. The Morgan fingerprint density at radius 2 is 0.889 bits per heavy atom. The van der Waals surface area contributed by atoms with Gasteiger partial charge in [-0.15, -0.1) is 15.6 Å². The third-order valence-electron chi connectivity index (χ3n) is 3.31. The topological polar surface area (TPSA) is 60.7 Å². The van der Waals surface area contributed by atoms with Crippen molar-refractivity contribution in [1.29, 1.82) is 0 Å². The molecule has 4 heteroatoms. The fraction of sp³-hybridized carbons (Fsp3) is 1.00. The summed E-state index contributed by atoms with van der Waals surface area (Å²) in [6.07, 6.45) is 14.8. The molecule has 0 atom stereocenters. The van der Waals surface area contributed by atoms with Gasteiger partial charge in [0.2, 0.25) is 0 Å². The van der Waals surface area contributed by atoms with E-state index in [0.29, 0.717) is 6.42 Å². The van der Waals surface area contributed by atoms with Crippen molar-refractivity contribution in [3.63, 3.8) is 0 Å². The Morgan fingerprint density at radius 3 is 1.22 bits per heavy atom. The van der Waals surface area contributed by atoms with Crippen molar-refractivity contribution in [2.45, 2.75) is 84.0 Å². The van der Waals surface area contributed by atoms with Crippen LogP contribution in [0.4, 0.5) is 0 Å². The maximum atomic E-state index is 8.63. The van der Waals surface area contributed by atoms with Gasteiger partial charge < -0.3 is 0 Å². The summed E-state index contributed by atoms with van der Waals surface area (Å²) in [5.41, 5.74) is 0. The van der Waals surface area contributed by atoms with Gasteiger partial charge in [0.05, 0.1) is 4.97 Å². The summed E-state index contributed by atoms with van der Waals surface area (Å²) in [5, 5.41) is 25.9. The fourth-order valence-corrected chi connectivity index (χ4v) is 2.16. The zero-order chi connectivity index (χ0) is 13.7. The van der Waals surface area contributed by atoms with Crippen molar-refractivity contribution >= 4 is 0 Å². The van der Waals surface area contributed by atoms with Crippen LogP contribution in [0.15, 0.2) is 0 Å². The van der Waals surface area contributed by atoms with Gasteiger partial charge in [0.25, 0.3) is 0 Å². The lowest BCUT2D eigenvalue weighted by Crippen LogP contribution is -2.37. The molecule has 0 aromatic heterocycles. The Kier molecular flexibility index (Phi) is 11.8. The van der Waals surface area contributed by atoms with Crippen LogP contribution in [0.1, 0.15) is 84.0 Å². The number of hydrogen-bond donors (Lipinski definition) is 3. The van der Waals surface area contributed by atoms with Gasteiger partial charge in [-0.2, -0.15) is 0 Å². The van der Waals surface area contributed by atoms with Crippen LogP contribution in [0, 0.1) is 0 Å². The van der Waals surface area contributed by atoms with Crippen LogP contribution in [0.25, 0.3) is 0 Å². The Bertz CT molecular complexity index is 169. The molecule has 0 rings (SSSR count). The second-order valence-electron chi connectivity index (χ2n) is 5.31. The Balaban J connectivity index is 2.99. The van der Waals surface area contributed by atoms with Crippen LogP contribution >= 0.6 is 0 Å². The molecule has 0 aliphatic carbocycles. The smallest absolute Gasteiger partial charge is 0.146 e. The number of hydroxylamine groups is 3. The van der Waals surface area contributed by atoms with Gasteiger partial charge >= 0.3 is 0 Å². The molecule has 0 bridgehead atoms. The zero-order valence-electron chi connectivity index (χ0n) is 12.0. The van der Waals surface area contributed by atoms with Crippen molar-refractivity contribution in [3.05, 3.63) is 0 Å². The van der Waals surface area contributed by atoms with E-state index in [4.69, 9.17) is 15.6 Å². The van der Waals surface area contributed by atoms with Crippen LogP contribution in [-0.2, 0) is 0 Å². The Hall–Kier alpha value is -0.160. The first kappa shape index (κ1) is 17.8. The predicted octanol–water partition coefficient (Wildman–Crippen LogP) is 4.67. The summed E-state index contributed by atoms with van der Waals surface area (Å²) in [6.45, 7) is 2.24. The highest BCUT2D eigenvalue weighted by Crippen LogP contribution is 2.12. The zero-order valence-corrected chi connectivity index (χ0v) is 12.0. The highest BCUT2D eigenvalue weighted by molar-refractivity contribution is 4.48. The molecular formula is C14H32NO3+. The van der Waals surface area contributed by atoms with E-state index in [9.17, 15) is 0 Å². The van der Waals surface area contributed by atoms with Crippen molar-refractivity contribution in [2.75, 3.05) is 6.54 Å². The molecule has 0 fully saturated rings. The molecule has 3 N–H and O–H groups in total. The number of unbranched alkanes of at least 4 members (excludes halogenated alkanes) is 11. The summed E-state index contributed by atoms with van der Waals surface area (Å²) >= 11 is 0. The molecule has 18 heavy (non-hydrogen) atoms. The third kappa shape index (κ3) is 15.8. The van der Waals surface area contributed by atoms with Gasteiger partial charge in [-0.3, -0.25) is 0 Å². The first-order valence-corrected chi connectivity index (χ1v) is 7.62. The number of quaternary nitrogens is 1. The van der Waals surface area contributed by atoms with Gasteiger partial charge in [-0.1, -0.05) is 71.1 Å². The van der Waals surface area contributed by atoms with Gasteiger partial charge in [-0.05, 0) is 6.42 Å². The minimum atomic E-state index is -1.88. The van der Waals surface area contributed by atoms with Crippen molar-refractivity contribution in [3.8, 4) is 0 Å². The third-order valence-corrected chi connectivity index (χ3v) is 3.31. The Morgan fingerprint density at radius 1 is 0.556 bits per heavy atom. The van der Waals surface area contributed by atoms with E-state index in [1.165, 1.54) is 57.8 Å². The highest BCUT2D eigenvalue weighted by Gasteiger charge is 2.16. The van der Waals surface area contributed by atoms with E-state index in [0.717, 1.165) is 12.8 Å². The molecule has 0 aromatic rings. The van der Waals surface area contributed by atoms with Crippen LogP contribution in [0.5, 0.6) is 0 Å². The first-order chi connectivity index (χ1) is 8.56. The average molecular weight is 262 g/mol. The normalized spacial score (nSPS) is 12.0. The number of rotatable bonds is 13. The molecule has 0 saturated carbocycles. The minimum Gasteiger partial charge on any atom is -0.146 e. The molecule has 0 unspecified atom stereocenters. The van der Waals surface area contributed by atoms with Crippen LogP contribution in [-0.4, -0.2) is 27.1 Å². The van der Waals surface area contributed by atoms with E-state index in [1.807, 2.05) is 0 Å². The average Bonchev–Trinajstić information content (AvgIpc) is 2.29. The molecule has 0 saturated heterocycles. The molecule has 0 aromatic carbocycles. The van der Waals surface area contributed by atoms with Crippen LogP contribution < -0.4 is 0 Å². The van der Waals surface area contributed by atoms with E-state index >= 15 is 0 Å². The molecule has 0 spiro atoms. The summed E-state index contributed by atoms with van der Waals surface area (Å²) in [7, 11) is 0. The second-order valence-corrected chi connectivity index (χ2v) is 5.31. The van der Waals surface area contributed by atoms with Crippen molar-refractivity contribution in [1.82, 2.24) is 0 Å². The van der Waals surface area contributed by atoms with Crippen molar-refractivity contribution < 1.29 is 20.6 Å². The quantitative estimate of drug-likeness (QED) is 0.257. The lowest BCUT2D eigenvalue weighted by molar-refractivity contribution is -1.37. The SMILES string of the molecule is CCCCCCCCCCCCCC[N+](O)(O)O. The molecule has 0 radical (unpaired) electrons. The minimum absolute atomic E-state index is 0.00255. The fourth-order valence-electron chi connectivity index (χ4n) is 2.16. The number of hydrogen-bond acceptors (Lipinski definition) is 3. The molecule has 0 aliphatic rings. The Labute approximate surface area is 112 Å². The summed E-state index contributed by atoms with van der Waals surface area (Å²) in [4.78, 5) is -1.88.